The first-order valence-corrected chi connectivity index (χ1v) is 46.7. The van der Waals surface area contributed by atoms with Crippen molar-refractivity contribution in [3.05, 3.63) is 104 Å². The summed E-state index contributed by atoms with van der Waals surface area (Å²) < 4.78 is 16.9. The number of benzene rings is 2. The normalized spacial score (nSPS) is 17.6. The van der Waals surface area contributed by atoms with Gasteiger partial charge in [-0.25, -0.2) is 9.97 Å². The van der Waals surface area contributed by atoms with Gasteiger partial charge in [0, 0.05) is 386 Å². The van der Waals surface area contributed by atoms with Crippen LogP contribution in [-0.2, 0) is 15.4 Å². The Hall–Kier alpha value is -1.67. The number of nitrogens with one attached hydrogen (secondary N) is 2. The number of aliphatic hydroxyl groups excluding tert-OH is 2. The number of pyridine rings is 2. The Morgan fingerprint density at radius 2 is 0.881 bits per heavy atom. The van der Waals surface area contributed by atoms with Crippen molar-refractivity contribution in [2.75, 3.05) is 23.8 Å². The highest BCUT2D eigenvalue weighted by molar-refractivity contribution is 8.33. The van der Waals surface area contributed by atoms with E-state index in [2.05, 4.69) is 89.1 Å². The van der Waals surface area contributed by atoms with Gasteiger partial charge >= 0.3 is 0 Å². The summed E-state index contributed by atoms with van der Waals surface area (Å²) in [5.41, 5.74) is 4.22. The monoisotopic (exact) mass is 1570 g/mol. The number of nitrogens with zero attached hydrogens (tertiary/aromatic N) is 6. The topological polar surface area (TPSA) is 179 Å². The largest absolute Gasteiger partial charge is 0.414 e. The Balaban J connectivity index is 0.000000250. The lowest BCUT2D eigenvalue weighted by Crippen LogP contribution is -2.93. The van der Waals surface area contributed by atoms with E-state index in [1.165, 1.54) is 4.57 Å². The van der Waals surface area contributed by atoms with E-state index < -0.39 is 151 Å². The second-order valence-electron chi connectivity index (χ2n) is 35.0. The Morgan fingerprint density at radius 3 is 1.24 bits per heavy atom. The van der Waals surface area contributed by atoms with Gasteiger partial charge in [-0.15, -0.1) is 0 Å². The van der Waals surface area contributed by atoms with Crippen molar-refractivity contribution in [1.29, 1.82) is 0 Å². The number of hydrogen-bond donors (Lipinski definition) is 4. The van der Waals surface area contributed by atoms with E-state index in [4.69, 9.17) is 220 Å². The molecule has 46 radical (unpaired) electrons. The Kier molecular flexibility index (Phi) is 39.7. The third-order valence-electron chi connectivity index (χ3n) is 25.4. The van der Waals surface area contributed by atoms with Crippen LogP contribution in [0.1, 0.15) is 113 Å². The smallest absolute Gasteiger partial charge is 0.260 e. The average molecular weight is 1560 g/mol. The number of halogens is 2. The Morgan fingerprint density at radius 1 is 0.525 bits per heavy atom. The molecule has 3 aliphatic rings. The number of aliphatic hydroxyl groups is 2. The van der Waals surface area contributed by atoms with Crippen LogP contribution in [0.15, 0.2) is 82.6 Å². The summed E-state index contributed by atoms with van der Waals surface area (Å²) in [6.45, 7) is 23.4. The fourth-order valence-corrected chi connectivity index (χ4v) is 26.2. The maximum Gasteiger partial charge on any atom is 0.260 e. The predicted octanol–water partition coefficient (Wildman–Crippen LogP) is -4.35. The molecule has 6 aromatic rings. The molecule has 2 aromatic carbocycles. The highest BCUT2D eigenvalue weighted by Gasteiger charge is 2.60. The number of fused-ring (bicyclic) bond motifs is 2. The summed E-state index contributed by atoms with van der Waals surface area (Å²) in [5.74, 6) is 1.01. The Bertz CT molecular complexity index is 4190. The fraction of sp³-hybridized carbons (Fsp3) is 0.536. The third-order valence-corrected chi connectivity index (χ3v) is 36.7. The minimum absolute atomic E-state index is 0.0821. The van der Waals surface area contributed by atoms with E-state index in [1.54, 1.807) is 24.4 Å². The van der Waals surface area contributed by atoms with Gasteiger partial charge in [0.15, 0.2) is 8.32 Å². The van der Waals surface area contributed by atoms with Crippen molar-refractivity contribution < 1.29 is 19.1 Å². The van der Waals surface area contributed by atoms with E-state index in [0.29, 0.717) is 79.1 Å². The maximum atomic E-state index is 14.5. The van der Waals surface area contributed by atoms with Crippen molar-refractivity contribution in [1.82, 2.24) is 29.1 Å². The molecule has 2 atom stereocenters. The van der Waals surface area contributed by atoms with Crippen molar-refractivity contribution in [3.8, 4) is 22.3 Å². The van der Waals surface area contributed by atoms with E-state index >= 15 is 0 Å². The van der Waals surface area contributed by atoms with Gasteiger partial charge < -0.3 is 29.7 Å². The van der Waals surface area contributed by atoms with E-state index in [9.17, 15) is 19.8 Å². The van der Waals surface area contributed by atoms with Crippen LogP contribution in [0.3, 0.4) is 0 Å². The summed E-state index contributed by atoms with van der Waals surface area (Å²) >= 11 is 12.9. The van der Waals surface area contributed by atoms with E-state index in [1.807, 2.05) is 53.2 Å². The van der Waals surface area contributed by atoms with Gasteiger partial charge in [0.05, 0.1) is 31.9 Å². The minimum atomic E-state index is -2.19. The average Bonchev–Trinajstić information content (AvgIpc) is 1.38. The van der Waals surface area contributed by atoms with Crippen LogP contribution in [0.5, 0.6) is 0 Å². The second-order valence-corrected chi connectivity index (χ2v) is 45.8. The third kappa shape index (κ3) is 24.8. The predicted molar refractivity (Wildman–Crippen MR) is 559 cm³/mol. The summed E-state index contributed by atoms with van der Waals surface area (Å²) in [6.07, 6.45) is -14.5. The fourth-order valence-electron chi connectivity index (χ4n) is 18.6. The second kappa shape index (κ2) is 45.3. The zero-order valence-corrected chi connectivity index (χ0v) is 73.7. The van der Waals surface area contributed by atoms with Crippen molar-refractivity contribution >= 4 is 386 Å². The summed E-state index contributed by atoms with van der Waals surface area (Å²) in [6, 6.07) is 18.7. The molecule has 1 aliphatic heterocycles. The first-order valence-electron chi connectivity index (χ1n) is 40.9. The molecule has 2 saturated carbocycles. The molecule has 2 unspecified atom stereocenters. The molecule has 4 N–H and O–H groups in total. The maximum absolute atomic E-state index is 14.5. The van der Waals surface area contributed by atoms with Crippen LogP contribution in [0.2, 0.25) is 44.8 Å². The van der Waals surface area contributed by atoms with Gasteiger partial charge in [-0.1, -0.05) is 115 Å². The summed E-state index contributed by atoms with van der Waals surface area (Å²) in [7, 11) is 141. The van der Waals surface area contributed by atoms with Crippen LogP contribution in [-0.4, -0.2) is 405 Å². The molecular weight excluding hydrogens is 1480 g/mol. The van der Waals surface area contributed by atoms with Crippen molar-refractivity contribution in [3.63, 3.8) is 0 Å². The van der Waals surface area contributed by atoms with Gasteiger partial charge in [0.2, 0.25) is 20.2 Å². The van der Waals surface area contributed by atoms with Crippen molar-refractivity contribution in [2.24, 2.45) is 0 Å². The molecule has 0 spiro atoms. The molecule has 0 amide bonds. The van der Waals surface area contributed by atoms with Gasteiger partial charge in [0.25, 0.3) is 11.1 Å². The van der Waals surface area contributed by atoms with Gasteiger partial charge in [-0.2, -0.15) is 9.97 Å². The van der Waals surface area contributed by atoms with E-state index in [0.717, 1.165) is 62.3 Å². The Labute approximate surface area is 756 Å². The first kappa shape index (κ1) is 103. The molecule has 14 nitrogen and oxygen atoms in total. The quantitative estimate of drug-likeness (QED) is 0.0292. The first-order chi connectivity index (χ1) is 55.1. The van der Waals surface area contributed by atoms with Crippen molar-refractivity contribution in [2.45, 2.75) is 178 Å². The highest BCUT2D eigenvalue weighted by atomic mass is 35.5. The molecule has 3 fully saturated rings. The van der Waals surface area contributed by atoms with Gasteiger partial charge in [0.1, 0.15) is 11.3 Å². The minimum Gasteiger partial charge on any atom is -0.414 e. The molecule has 2 aliphatic carbocycles. The molecule has 5 heterocycles. The number of hydrogen-bond acceptors (Lipinski definition) is 12. The number of aromatic nitrogens is 6. The number of anilines is 2. The van der Waals surface area contributed by atoms with Gasteiger partial charge in [-0.05, 0) is 110 Å². The molecule has 9 rings (SSSR count). The lowest BCUT2D eigenvalue weighted by molar-refractivity contribution is 0.126. The van der Waals surface area contributed by atoms with Crippen LogP contribution < -0.4 is 21.8 Å². The molecule has 1 saturated heterocycles. The lowest BCUT2D eigenvalue weighted by Gasteiger charge is -2.55. The molecule has 62 heteroatoms. The van der Waals surface area contributed by atoms with Gasteiger partial charge in [-0.3, -0.25) is 18.7 Å². The lowest BCUT2D eigenvalue weighted by atomic mass is 8.26. The van der Waals surface area contributed by atoms with Crippen LogP contribution in [0.4, 0.5) is 11.9 Å². The highest BCUT2D eigenvalue weighted by Crippen LogP contribution is 2.53. The van der Waals surface area contributed by atoms with Crippen LogP contribution in [0, 0.1) is 0 Å². The van der Waals surface area contributed by atoms with E-state index in [-0.39, 0.29) is 59.1 Å². The zero-order chi connectivity index (χ0) is 88.4. The van der Waals surface area contributed by atoms with Crippen LogP contribution in [0.25, 0.3) is 44.3 Å². The summed E-state index contributed by atoms with van der Waals surface area (Å²) in [4.78, 5) is 46.4. The zero-order valence-electron chi connectivity index (χ0n) is 70.2. The summed E-state index contributed by atoms with van der Waals surface area (Å²) in [5, 5.41) is 28.9. The SMILES string of the molecule is CC(C)[Si]1(C(C)C)OCC(n2c(=O)c(-c3ccccc3Cl)cc3cnc(NC4CCC(O[Si](C)(C)C(C)(C)C)CC4)nc32)C1C.O=c1c(-c2ccccc2Cl)cc2cnc(NC3CCC(O)CC3)nc2n1CCO.[B]B([B])B([B])B(B(B([B])[B])B([B])[B])B(B(B(B([B])[B])B([B])[B])B(B([B])[B])B([B])[B])B(B(B([B])[B])B([B])[B])B(B([B])[B])B([B])[B]. The number of rotatable bonds is 33. The molecular formula is C56H76B44Cl2N8O6Si2. The van der Waals surface area contributed by atoms with Crippen LogP contribution >= 0.6 is 23.2 Å². The molecule has 118 heavy (non-hydrogen) atoms. The molecule has 530 valence electrons. The standard InChI is InChI=1S/C35H53ClN4O3Si2.C21H23ClN4O3.B44/c1-22(2)45(23(3)4)24(5)31(21-42-45)40-32-25(19-29(33(40)41)28-13-11-12-14-30(28)36)20-37-34(39-32)38-26-15-17-27(18-16-26)43-44(9,10)35(6,7)8;22-18-4-2-1-3-16(18)17-11-13-12-23-21(24-14-5-7-15(28)8-6-14)25-19(13)26(9-10-27)20(17)29;1-24(2)35(23)41(36(25(3)4)26(5)6)44(42(37(27(7)8)28(9)10)38(29(11)12)30(13)14)43(39(31(15)16)32(17)18)40(33(19)20)34(21)22/h11-14,19-20,22-24,26-27,31H,15-18,21H2,1-10H3,(H,37,38,39);1-4,11-12,14-15,27-28H,5-10H2,(H,23,24,25);. The molecule has 4 aromatic heterocycles. The molecule has 0 bridgehead atoms.